The summed E-state index contributed by atoms with van der Waals surface area (Å²) in [7, 11) is -3.84. The van der Waals surface area contributed by atoms with Crippen LogP contribution in [0.1, 0.15) is 12.8 Å². The van der Waals surface area contributed by atoms with Gasteiger partial charge in [0.15, 0.2) is 0 Å². The Bertz CT molecular complexity index is 569. The third-order valence-electron chi connectivity index (χ3n) is 2.82. The van der Waals surface area contributed by atoms with Crippen molar-refractivity contribution in [2.75, 3.05) is 0 Å². The van der Waals surface area contributed by atoms with Gasteiger partial charge in [0.25, 0.3) is 0 Å². The van der Waals surface area contributed by atoms with Crippen molar-refractivity contribution < 1.29 is 12.8 Å². The zero-order valence-electron chi connectivity index (χ0n) is 9.56. The van der Waals surface area contributed by atoms with E-state index in [2.05, 4.69) is 4.72 Å². The fraction of sp³-hybridized carbons (Fsp3) is 0.364. The molecule has 0 aliphatic heterocycles. The third-order valence-corrected chi connectivity index (χ3v) is 4.26. The number of halogens is 1. The van der Waals surface area contributed by atoms with Crippen LogP contribution in [0.3, 0.4) is 0 Å². The Hall–Kier alpha value is -1.47. The number of rotatable bonds is 5. The first-order valence-electron chi connectivity index (χ1n) is 5.52. The first-order chi connectivity index (χ1) is 8.40. The van der Waals surface area contributed by atoms with Crippen LogP contribution in [0, 0.1) is 17.1 Å². The lowest BCUT2D eigenvalue weighted by Gasteiger charge is -2.16. The average Bonchev–Trinajstić information content (AvgIpc) is 3.09. The van der Waals surface area contributed by atoms with Crippen molar-refractivity contribution in [2.24, 2.45) is 11.7 Å². The van der Waals surface area contributed by atoms with Gasteiger partial charge >= 0.3 is 0 Å². The fourth-order valence-corrected chi connectivity index (χ4v) is 3.03. The highest BCUT2D eigenvalue weighted by Crippen LogP contribution is 2.33. The maximum absolute atomic E-state index is 13.0. The van der Waals surface area contributed by atoms with Gasteiger partial charge in [-0.05, 0) is 37.0 Å². The Morgan fingerprint density at radius 3 is 2.67 bits per heavy atom. The highest BCUT2D eigenvalue weighted by Gasteiger charge is 2.36. The maximum Gasteiger partial charge on any atom is 0.241 e. The zero-order valence-corrected chi connectivity index (χ0v) is 10.4. The average molecular weight is 271 g/mol. The Labute approximate surface area is 105 Å². The second-order valence-corrected chi connectivity index (χ2v) is 6.06. The Balaban J connectivity index is 2.23. The molecule has 1 atom stereocenters. The number of hydrogen-bond acceptors (Lipinski definition) is 3. The number of nitrogens with two attached hydrogens (primary N) is 1. The van der Waals surface area contributed by atoms with Gasteiger partial charge in [0, 0.05) is 0 Å². The molecule has 1 fully saturated rings. The normalized spacial score (nSPS) is 17.4. The summed E-state index contributed by atoms with van der Waals surface area (Å²) in [6.07, 6.45) is 1.69. The molecule has 7 heteroatoms. The SMILES string of the molecule is N=C(N)C(NS(=O)(=O)c1cccc(F)c1)C1CC1. The minimum atomic E-state index is -3.84. The van der Waals surface area contributed by atoms with E-state index in [1.54, 1.807) is 0 Å². The fourth-order valence-electron chi connectivity index (χ4n) is 1.71. The molecular weight excluding hydrogens is 257 g/mol. The maximum atomic E-state index is 13.0. The van der Waals surface area contributed by atoms with Crippen molar-refractivity contribution in [3.63, 3.8) is 0 Å². The van der Waals surface area contributed by atoms with Crippen molar-refractivity contribution in [2.45, 2.75) is 23.8 Å². The summed E-state index contributed by atoms with van der Waals surface area (Å²) in [5.74, 6) is -0.757. The van der Waals surface area contributed by atoms with Gasteiger partial charge in [-0.15, -0.1) is 0 Å². The quantitative estimate of drug-likeness (QED) is 0.546. The number of benzene rings is 1. The molecule has 1 unspecified atom stereocenters. The van der Waals surface area contributed by atoms with E-state index in [9.17, 15) is 12.8 Å². The number of nitrogens with one attached hydrogen (secondary N) is 2. The van der Waals surface area contributed by atoms with E-state index < -0.39 is 21.9 Å². The summed E-state index contributed by atoms with van der Waals surface area (Å²) in [4.78, 5) is -0.158. The largest absolute Gasteiger partial charge is 0.386 e. The van der Waals surface area contributed by atoms with Crippen LogP contribution >= 0.6 is 0 Å². The minimum absolute atomic E-state index is 0.0748. The summed E-state index contributed by atoms with van der Waals surface area (Å²) < 4.78 is 39.4. The third kappa shape index (κ3) is 2.85. The van der Waals surface area contributed by atoms with Gasteiger partial charge in [-0.3, -0.25) is 5.41 Å². The molecule has 2 rings (SSSR count). The molecule has 1 aliphatic rings. The zero-order chi connectivity index (χ0) is 13.3. The standard InChI is InChI=1S/C11H14FN3O2S/c12-8-2-1-3-9(6-8)18(16,17)15-10(11(13)14)7-4-5-7/h1-3,6-7,10,15H,4-5H2,(H3,13,14). The highest BCUT2D eigenvalue weighted by molar-refractivity contribution is 7.89. The van der Waals surface area contributed by atoms with Crippen LogP contribution in [0.2, 0.25) is 0 Å². The van der Waals surface area contributed by atoms with Crippen LogP contribution in [0.5, 0.6) is 0 Å². The van der Waals surface area contributed by atoms with Gasteiger partial charge in [0.1, 0.15) is 11.7 Å². The van der Waals surface area contributed by atoms with Crippen molar-refractivity contribution in [3.05, 3.63) is 30.1 Å². The minimum Gasteiger partial charge on any atom is -0.386 e. The first-order valence-corrected chi connectivity index (χ1v) is 7.00. The molecule has 0 amide bonds. The Kier molecular flexibility index (Phi) is 3.36. The molecule has 18 heavy (non-hydrogen) atoms. The van der Waals surface area contributed by atoms with E-state index in [1.165, 1.54) is 18.2 Å². The van der Waals surface area contributed by atoms with Gasteiger partial charge in [0.2, 0.25) is 10.0 Å². The Morgan fingerprint density at radius 1 is 1.50 bits per heavy atom. The summed E-state index contributed by atoms with van der Waals surface area (Å²) in [5, 5.41) is 7.38. The lowest BCUT2D eigenvalue weighted by molar-refractivity contribution is 0.560. The number of sulfonamides is 1. The van der Waals surface area contributed by atoms with Gasteiger partial charge in [-0.25, -0.2) is 17.5 Å². The van der Waals surface area contributed by atoms with E-state index in [1.807, 2.05) is 0 Å². The molecule has 5 nitrogen and oxygen atoms in total. The summed E-state index contributed by atoms with van der Waals surface area (Å²) >= 11 is 0. The van der Waals surface area contributed by atoms with E-state index in [0.29, 0.717) is 0 Å². The smallest absolute Gasteiger partial charge is 0.241 e. The van der Waals surface area contributed by atoms with E-state index in [-0.39, 0.29) is 16.6 Å². The Morgan fingerprint density at radius 2 is 2.17 bits per heavy atom. The second kappa shape index (κ2) is 4.66. The number of hydrogen-bond donors (Lipinski definition) is 3. The molecule has 1 aliphatic carbocycles. The van der Waals surface area contributed by atoms with Crippen molar-refractivity contribution in [1.29, 1.82) is 5.41 Å². The monoisotopic (exact) mass is 271 g/mol. The van der Waals surface area contributed by atoms with Crippen molar-refractivity contribution >= 4 is 15.9 Å². The molecule has 0 bridgehead atoms. The second-order valence-electron chi connectivity index (χ2n) is 4.35. The molecule has 4 N–H and O–H groups in total. The van der Waals surface area contributed by atoms with E-state index in [4.69, 9.17) is 11.1 Å². The molecule has 0 aromatic heterocycles. The van der Waals surface area contributed by atoms with Crippen molar-refractivity contribution in [3.8, 4) is 0 Å². The van der Waals surface area contributed by atoms with Crippen LogP contribution in [-0.4, -0.2) is 20.3 Å². The first kappa shape index (κ1) is 13.0. The lowest BCUT2D eigenvalue weighted by atomic mass is 10.2. The van der Waals surface area contributed by atoms with Gasteiger partial charge in [0.05, 0.1) is 10.9 Å². The van der Waals surface area contributed by atoms with Gasteiger partial charge in [-0.2, -0.15) is 0 Å². The highest BCUT2D eigenvalue weighted by atomic mass is 32.2. The molecular formula is C11H14FN3O2S. The molecule has 1 aromatic rings. The molecule has 1 aromatic carbocycles. The molecule has 0 radical (unpaired) electrons. The lowest BCUT2D eigenvalue weighted by Crippen LogP contribution is -2.45. The van der Waals surface area contributed by atoms with E-state index in [0.717, 1.165) is 18.9 Å². The summed E-state index contributed by atoms with van der Waals surface area (Å²) in [6, 6.07) is 4.03. The van der Waals surface area contributed by atoms with Gasteiger partial charge < -0.3 is 5.73 Å². The van der Waals surface area contributed by atoms with Crippen molar-refractivity contribution in [1.82, 2.24) is 4.72 Å². The van der Waals surface area contributed by atoms with Crippen LogP contribution in [0.4, 0.5) is 4.39 Å². The van der Waals surface area contributed by atoms with E-state index >= 15 is 0 Å². The van der Waals surface area contributed by atoms with Crippen LogP contribution in [-0.2, 0) is 10.0 Å². The van der Waals surface area contributed by atoms with Gasteiger partial charge in [-0.1, -0.05) is 6.07 Å². The topological polar surface area (TPSA) is 96.0 Å². The molecule has 0 heterocycles. The molecule has 0 saturated heterocycles. The molecule has 0 spiro atoms. The number of amidine groups is 1. The van der Waals surface area contributed by atoms with Crippen LogP contribution < -0.4 is 10.5 Å². The molecule has 98 valence electrons. The summed E-state index contributed by atoms with van der Waals surface area (Å²) in [6.45, 7) is 0. The van der Waals surface area contributed by atoms with Crippen LogP contribution in [0.15, 0.2) is 29.2 Å². The van der Waals surface area contributed by atoms with Crippen LogP contribution in [0.25, 0.3) is 0 Å². The predicted octanol–water partition coefficient (Wildman–Crippen LogP) is 0.819. The molecule has 1 saturated carbocycles. The summed E-state index contributed by atoms with van der Waals surface area (Å²) in [5.41, 5.74) is 5.38. The predicted molar refractivity (Wildman–Crippen MR) is 65.1 cm³/mol.